The third-order valence-corrected chi connectivity index (χ3v) is 13.5. The monoisotopic (exact) mass is 196 g/mol. The first-order chi connectivity index (χ1) is 2.45. The van der Waals surface area contributed by atoms with Crippen LogP contribution in [0, 0.1) is 0 Å². The van der Waals surface area contributed by atoms with E-state index >= 15 is 0 Å². The minimum absolute atomic E-state index is 1.46. The number of hydrogen-bond acceptors (Lipinski definition) is 3. The first kappa shape index (κ1) is 3.03. The Morgan fingerprint density at radius 1 is 0.800 bits per heavy atom. The molecule has 0 saturated carbocycles. The molecule has 0 aromatic carbocycles. The van der Waals surface area contributed by atoms with Crippen molar-refractivity contribution in [2.75, 3.05) is 0 Å². The zero-order valence-electron chi connectivity index (χ0n) is 2.22. The van der Waals surface area contributed by atoms with Gasteiger partial charge in [0.2, 0.25) is 0 Å². The minimum atomic E-state index is -1.46. The van der Waals surface area contributed by atoms with Crippen molar-refractivity contribution in [1.82, 2.24) is 0 Å². The zero-order chi connectivity index (χ0) is 3.28. The van der Waals surface area contributed by atoms with Crippen LogP contribution in [0.25, 0.3) is 0 Å². The molecular formula is Ge2O3. The maximum atomic E-state index is 4.92. The van der Waals surface area contributed by atoms with Gasteiger partial charge in [0.05, 0.1) is 0 Å². The molecule has 0 atom stereocenters. The van der Waals surface area contributed by atoms with E-state index in [0.29, 0.717) is 0 Å². The van der Waals surface area contributed by atoms with Gasteiger partial charge in [-0.3, -0.25) is 0 Å². The summed E-state index contributed by atoms with van der Waals surface area (Å²) in [5, 5.41) is 0. The summed E-state index contributed by atoms with van der Waals surface area (Å²) in [5.74, 6) is 0. The molecule has 26 valence electrons. The van der Waals surface area contributed by atoms with Gasteiger partial charge in [0.1, 0.15) is 0 Å². The second-order valence-electron chi connectivity index (χ2n) is 0.806. The molecule has 2 radical (unpaired) electrons. The van der Waals surface area contributed by atoms with Gasteiger partial charge in [0.15, 0.2) is 0 Å². The van der Waals surface area contributed by atoms with Crippen LogP contribution in [0.3, 0.4) is 0 Å². The van der Waals surface area contributed by atoms with E-state index < -0.39 is 30.7 Å². The molecule has 0 amide bonds. The molecule has 5 heteroatoms. The summed E-state index contributed by atoms with van der Waals surface area (Å²) in [6.07, 6.45) is 0. The van der Waals surface area contributed by atoms with Crippen LogP contribution in [0.5, 0.6) is 0 Å². The molecule has 0 unspecified atom stereocenters. The first-order valence-corrected chi connectivity index (χ1v) is 6.36. The fourth-order valence-corrected chi connectivity index (χ4v) is 6.13. The van der Waals surface area contributed by atoms with Crippen LogP contribution in [-0.4, -0.2) is 30.7 Å². The standard InChI is InChI=1S/Ge2O3/c3-1-4-2(3)5-1. The van der Waals surface area contributed by atoms with Gasteiger partial charge < -0.3 is 0 Å². The average Bonchev–Trinajstić information content (AvgIpc) is 0.592. The van der Waals surface area contributed by atoms with E-state index in [-0.39, 0.29) is 0 Å². The second kappa shape index (κ2) is 0.786. The normalized spacial score (nSPS) is 36.0. The quantitative estimate of drug-likeness (QED) is 0.463. The van der Waals surface area contributed by atoms with Crippen molar-refractivity contribution in [2.24, 2.45) is 0 Å². The Balaban J connectivity index is 2.19. The van der Waals surface area contributed by atoms with E-state index in [1.165, 1.54) is 0 Å². The van der Waals surface area contributed by atoms with Gasteiger partial charge in [0.25, 0.3) is 0 Å². The summed E-state index contributed by atoms with van der Waals surface area (Å²) in [7, 11) is 0. The molecule has 0 N–H and O–H groups in total. The molecule has 2 bridgehead atoms. The van der Waals surface area contributed by atoms with Crippen LogP contribution in [0.2, 0.25) is 0 Å². The number of hydrogen-bond donors (Lipinski definition) is 0. The predicted octanol–water partition coefficient (Wildman–Crippen LogP) is -0.967. The zero-order valence-corrected chi connectivity index (χ0v) is 6.42. The Morgan fingerprint density at radius 2 is 1.00 bits per heavy atom. The molecule has 3 nitrogen and oxygen atoms in total. The Labute approximate surface area is 39.5 Å². The van der Waals surface area contributed by atoms with Gasteiger partial charge in [-0.2, -0.15) is 0 Å². The Morgan fingerprint density at radius 3 is 1.00 bits per heavy atom. The van der Waals surface area contributed by atoms with E-state index in [0.717, 1.165) is 0 Å². The van der Waals surface area contributed by atoms with Gasteiger partial charge in [-0.1, -0.05) is 0 Å². The summed E-state index contributed by atoms with van der Waals surface area (Å²) in [6, 6.07) is 0. The third kappa shape index (κ3) is 0.260. The Kier molecular flexibility index (Phi) is 0.477. The van der Waals surface area contributed by atoms with Crippen LogP contribution in [0.1, 0.15) is 0 Å². The van der Waals surface area contributed by atoms with Crippen molar-refractivity contribution in [2.45, 2.75) is 0 Å². The molecule has 0 aliphatic carbocycles. The fourth-order valence-electron chi connectivity index (χ4n) is 0.227. The molecule has 3 saturated heterocycles. The topological polar surface area (TPSA) is 27.7 Å². The van der Waals surface area contributed by atoms with Crippen molar-refractivity contribution in [3.8, 4) is 0 Å². The van der Waals surface area contributed by atoms with Crippen molar-refractivity contribution in [3.05, 3.63) is 0 Å². The molecule has 3 rings (SSSR count). The molecule has 0 aromatic rings. The molecular weight excluding hydrogens is 193 g/mol. The van der Waals surface area contributed by atoms with E-state index in [4.69, 9.17) is 8.37 Å². The SMILES string of the molecule is [O]1[Ge]2[O][Ge]1[O]2. The van der Waals surface area contributed by atoms with Crippen LogP contribution in [-0.2, 0) is 8.37 Å². The van der Waals surface area contributed by atoms with Crippen molar-refractivity contribution < 1.29 is 8.37 Å². The van der Waals surface area contributed by atoms with Crippen molar-refractivity contribution in [1.29, 1.82) is 0 Å². The Hall–Kier alpha value is 0.966. The molecule has 3 aliphatic heterocycles. The second-order valence-corrected chi connectivity index (χ2v) is 10.9. The van der Waals surface area contributed by atoms with Gasteiger partial charge in [0, 0.05) is 0 Å². The predicted molar refractivity (Wildman–Crippen MR) is 14.8 cm³/mol. The average molecular weight is 193 g/mol. The van der Waals surface area contributed by atoms with Crippen LogP contribution in [0.4, 0.5) is 0 Å². The Bertz CT molecular complexity index is 41.6. The molecule has 3 aliphatic rings. The van der Waals surface area contributed by atoms with Crippen LogP contribution in [0.15, 0.2) is 0 Å². The summed E-state index contributed by atoms with van der Waals surface area (Å²) in [5.41, 5.74) is 0. The van der Waals surface area contributed by atoms with Crippen LogP contribution < -0.4 is 0 Å². The van der Waals surface area contributed by atoms with Gasteiger partial charge in [-0.15, -0.1) is 0 Å². The molecule has 0 aromatic heterocycles. The first-order valence-electron chi connectivity index (χ1n) is 1.22. The molecule has 0 spiro atoms. The summed E-state index contributed by atoms with van der Waals surface area (Å²) < 4.78 is 14.8. The molecule has 3 heterocycles. The third-order valence-electron chi connectivity index (χ3n) is 0.500. The van der Waals surface area contributed by atoms with E-state index in [1.807, 2.05) is 0 Å². The summed E-state index contributed by atoms with van der Waals surface area (Å²) in [6.45, 7) is 0. The molecule has 5 heavy (non-hydrogen) atoms. The van der Waals surface area contributed by atoms with Gasteiger partial charge in [-0.25, -0.2) is 0 Å². The molecule has 3 fully saturated rings. The van der Waals surface area contributed by atoms with E-state index in [9.17, 15) is 0 Å². The maximum absolute atomic E-state index is 4.92. The van der Waals surface area contributed by atoms with Crippen molar-refractivity contribution in [3.63, 3.8) is 0 Å². The van der Waals surface area contributed by atoms with Gasteiger partial charge in [-0.05, 0) is 0 Å². The summed E-state index contributed by atoms with van der Waals surface area (Å²) in [4.78, 5) is 0. The van der Waals surface area contributed by atoms with Crippen LogP contribution >= 0.6 is 0 Å². The summed E-state index contributed by atoms with van der Waals surface area (Å²) >= 11 is -2.92. The fraction of sp³-hybridized carbons (Fsp3) is 0. The number of rotatable bonds is 0. The van der Waals surface area contributed by atoms with Gasteiger partial charge >= 0.3 is 39.1 Å². The van der Waals surface area contributed by atoms with Crippen molar-refractivity contribution >= 4 is 30.7 Å². The van der Waals surface area contributed by atoms with E-state index in [2.05, 4.69) is 0 Å². The van der Waals surface area contributed by atoms with E-state index in [1.54, 1.807) is 0 Å².